The molecule has 3 aliphatic rings. The van der Waals surface area contributed by atoms with Crippen LogP contribution in [0.4, 0.5) is 19.0 Å². The number of methoxy groups -OCH3 is 1. The van der Waals surface area contributed by atoms with Crippen LogP contribution in [0.3, 0.4) is 0 Å². The molecule has 0 amide bonds. The van der Waals surface area contributed by atoms with Crippen LogP contribution in [0, 0.1) is 24.0 Å². The van der Waals surface area contributed by atoms with Crippen LogP contribution < -0.4 is 14.4 Å². The fourth-order valence-electron chi connectivity index (χ4n) is 7.69. The lowest BCUT2D eigenvalue weighted by molar-refractivity contribution is 0.0447. The zero-order chi connectivity index (χ0) is 32.9. The molecule has 0 spiro atoms. The quantitative estimate of drug-likeness (QED) is 0.185. The molecule has 0 radical (unpaired) electrons. The number of nitrogens with zero attached hydrogens (tertiary/aromatic N) is 4. The fraction of sp³-hybridized carbons (Fsp3) is 0.444. The number of terminal acetylenes is 1. The summed E-state index contributed by atoms with van der Waals surface area (Å²) in [6.07, 6.45) is 8.19. The van der Waals surface area contributed by atoms with Crippen LogP contribution >= 0.6 is 0 Å². The third-order valence-electron chi connectivity index (χ3n) is 9.77. The Morgan fingerprint density at radius 1 is 1.11 bits per heavy atom. The monoisotopic (exact) mass is 646 g/mol. The van der Waals surface area contributed by atoms with Gasteiger partial charge in [0.05, 0.1) is 16.7 Å². The molecule has 7 rings (SSSR count). The minimum absolute atomic E-state index is 0.0680. The van der Waals surface area contributed by atoms with Crippen molar-refractivity contribution < 1.29 is 32.5 Å². The number of aromatic nitrogens is 2. The number of anilines is 1. The number of piperidine rings is 1. The molecular formula is C36H37F3N4O4. The molecule has 3 aliphatic heterocycles. The van der Waals surface area contributed by atoms with Gasteiger partial charge in [-0.25, -0.2) is 13.2 Å². The average molecular weight is 647 g/mol. The molecule has 1 aromatic heterocycles. The van der Waals surface area contributed by atoms with Gasteiger partial charge in [-0.2, -0.15) is 9.97 Å². The van der Waals surface area contributed by atoms with Crippen LogP contribution in [0.1, 0.15) is 44.6 Å². The molecule has 4 heterocycles. The second-order valence-corrected chi connectivity index (χ2v) is 13.2. The number of fused-ring (bicyclic) bond motifs is 3. The van der Waals surface area contributed by atoms with Crippen LogP contribution in [0.2, 0.25) is 0 Å². The summed E-state index contributed by atoms with van der Waals surface area (Å²) in [5, 5.41) is 12.2. The van der Waals surface area contributed by atoms with E-state index in [1.165, 1.54) is 19.2 Å². The summed E-state index contributed by atoms with van der Waals surface area (Å²) in [5.74, 6) is 1.48. The van der Waals surface area contributed by atoms with Gasteiger partial charge in [0, 0.05) is 55.1 Å². The Labute approximate surface area is 271 Å². The van der Waals surface area contributed by atoms with Gasteiger partial charge < -0.3 is 24.2 Å². The Balaban J connectivity index is 1.41. The van der Waals surface area contributed by atoms with Gasteiger partial charge in [-0.05, 0) is 68.8 Å². The van der Waals surface area contributed by atoms with E-state index in [9.17, 15) is 9.50 Å². The van der Waals surface area contributed by atoms with E-state index in [0.29, 0.717) is 54.4 Å². The summed E-state index contributed by atoms with van der Waals surface area (Å²) in [7, 11) is 1.48. The summed E-state index contributed by atoms with van der Waals surface area (Å²) in [6.45, 7) is 3.67. The molecule has 47 heavy (non-hydrogen) atoms. The Hall–Kier alpha value is -4.11. The maximum atomic E-state index is 17.0. The normalized spacial score (nSPS) is 24.5. The molecule has 3 aromatic carbocycles. The third-order valence-corrected chi connectivity index (χ3v) is 9.77. The van der Waals surface area contributed by atoms with Gasteiger partial charge in [-0.3, -0.25) is 4.90 Å². The van der Waals surface area contributed by atoms with Crippen molar-refractivity contribution >= 4 is 27.5 Å². The summed E-state index contributed by atoms with van der Waals surface area (Å²) in [4.78, 5) is 13.1. The van der Waals surface area contributed by atoms with Crippen molar-refractivity contribution in [2.45, 2.75) is 56.3 Å². The third kappa shape index (κ3) is 5.73. The van der Waals surface area contributed by atoms with E-state index in [1.807, 2.05) is 4.90 Å². The van der Waals surface area contributed by atoms with Crippen molar-refractivity contribution in [2.24, 2.45) is 0 Å². The molecule has 1 N–H and O–H groups in total. The highest BCUT2D eigenvalue weighted by Crippen LogP contribution is 2.43. The van der Waals surface area contributed by atoms with Crippen molar-refractivity contribution in [3.8, 4) is 35.2 Å². The summed E-state index contributed by atoms with van der Waals surface area (Å²) in [5.41, 5.74) is -1.32. The lowest BCUT2D eigenvalue weighted by atomic mass is 9.92. The summed E-state index contributed by atoms with van der Waals surface area (Å²) >= 11 is 0. The van der Waals surface area contributed by atoms with Gasteiger partial charge in [0.1, 0.15) is 35.7 Å². The molecule has 0 bridgehead atoms. The Bertz CT molecular complexity index is 1900. The minimum Gasteiger partial charge on any atom is -0.468 e. The number of β-amino-alcohol motifs (C(OH)–C–C–N with tert-alkyl or cyclic N) is 1. The molecule has 0 saturated carbocycles. The lowest BCUT2D eigenvalue weighted by Crippen LogP contribution is -2.46. The van der Waals surface area contributed by atoms with Crippen molar-refractivity contribution in [3.63, 3.8) is 0 Å². The number of alkyl halides is 1. The molecule has 4 aromatic rings. The first-order valence-corrected chi connectivity index (χ1v) is 16.0. The predicted octanol–water partition coefficient (Wildman–Crippen LogP) is 6.00. The number of halogens is 3. The van der Waals surface area contributed by atoms with Gasteiger partial charge in [0.25, 0.3) is 0 Å². The lowest BCUT2D eigenvalue weighted by Gasteiger charge is -2.38. The Morgan fingerprint density at radius 2 is 1.94 bits per heavy atom. The minimum atomic E-state index is -1.02. The van der Waals surface area contributed by atoms with Crippen molar-refractivity contribution in [1.29, 1.82) is 0 Å². The largest absolute Gasteiger partial charge is 0.468 e. The van der Waals surface area contributed by atoms with Crippen molar-refractivity contribution in [2.75, 3.05) is 51.6 Å². The van der Waals surface area contributed by atoms with Crippen LogP contribution in [0.15, 0.2) is 36.4 Å². The number of aliphatic hydroxyl groups is 1. The average Bonchev–Trinajstić information content (AvgIpc) is 3.57. The van der Waals surface area contributed by atoms with Crippen LogP contribution in [-0.2, 0) is 4.74 Å². The molecule has 3 fully saturated rings. The van der Waals surface area contributed by atoms with E-state index >= 15 is 8.78 Å². The van der Waals surface area contributed by atoms with E-state index < -0.39 is 28.9 Å². The molecule has 0 unspecified atom stereocenters. The standard InChI is InChI=1S/C36H37F3N4O4/c1-4-22-8-5-9-23-14-25(47-21-45-3)15-26(29(22)23)30-28(38)16-27-32(31(30)39)40-34(41-33(27)42-12-6-10-35(2,44)19-42)46-20-36-11-7-13-43(36)18-24(37)17-36/h1,5,8-9,14-16,24,44H,6-7,10-13,17-21H2,2-3H3/t24-,35-,36+/m1/s1. The van der Waals surface area contributed by atoms with Gasteiger partial charge in [0.2, 0.25) is 0 Å². The molecular weight excluding hydrogens is 609 g/mol. The van der Waals surface area contributed by atoms with Gasteiger partial charge in [-0.1, -0.05) is 18.1 Å². The second-order valence-electron chi connectivity index (χ2n) is 13.2. The maximum Gasteiger partial charge on any atom is 0.319 e. The van der Waals surface area contributed by atoms with E-state index in [2.05, 4.69) is 20.8 Å². The molecule has 3 atom stereocenters. The van der Waals surface area contributed by atoms with Crippen molar-refractivity contribution in [3.05, 3.63) is 53.6 Å². The number of rotatable bonds is 8. The summed E-state index contributed by atoms with van der Waals surface area (Å²) < 4.78 is 64.9. The Kier molecular flexibility index (Phi) is 8.15. The maximum absolute atomic E-state index is 17.0. The number of benzene rings is 3. The summed E-state index contributed by atoms with van der Waals surface area (Å²) in [6, 6.07) is 9.69. The molecule has 11 heteroatoms. The fourth-order valence-corrected chi connectivity index (χ4v) is 7.69. The zero-order valence-electron chi connectivity index (χ0n) is 26.5. The number of ether oxygens (including phenoxy) is 3. The van der Waals surface area contributed by atoms with Crippen molar-refractivity contribution in [1.82, 2.24) is 14.9 Å². The highest BCUT2D eigenvalue weighted by molar-refractivity contribution is 6.04. The first-order valence-electron chi connectivity index (χ1n) is 16.0. The van der Waals surface area contributed by atoms with E-state index in [-0.39, 0.29) is 53.8 Å². The topological polar surface area (TPSA) is 80.2 Å². The number of hydrogen-bond donors (Lipinski definition) is 1. The van der Waals surface area contributed by atoms with Crippen LogP contribution in [0.5, 0.6) is 11.8 Å². The first-order chi connectivity index (χ1) is 22.6. The van der Waals surface area contributed by atoms with E-state index in [1.54, 1.807) is 31.2 Å². The highest BCUT2D eigenvalue weighted by Gasteiger charge is 2.49. The van der Waals surface area contributed by atoms with Crippen LogP contribution in [-0.4, -0.2) is 84.0 Å². The van der Waals surface area contributed by atoms with E-state index in [0.717, 1.165) is 19.4 Å². The van der Waals surface area contributed by atoms with Gasteiger partial charge >= 0.3 is 6.01 Å². The van der Waals surface area contributed by atoms with Gasteiger partial charge in [-0.15, -0.1) is 6.42 Å². The van der Waals surface area contributed by atoms with Crippen LogP contribution in [0.25, 0.3) is 32.8 Å². The molecule has 246 valence electrons. The highest BCUT2D eigenvalue weighted by atomic mass is 19.1. The smallest absolute Gasteiger partial charge is 0.319 e. The van der Waals surface area contributed by atoms with E-state index in [4.69, 9.17) is 20.6 Å². The first kappa shape index (κ1) is 31.5. The molecule has 0 aliphatic carbocycles. The second kappa shape index (κ2) is 12.2. The Morgan fingerprint density at radius 3 is 2.72 bits per heavy atom. The SMILES string of the molecule is C#Cc1cccc2cc(OCOC)cc(-c3c(F)cc4c(N5CCC[C@@](C)(O)C5)nc(OC[C@@]56CCCN5C[C@H](F)C6)nc4c3F)c12. The zero-order valence-corrected chi connectivity index (χ0v) is 26.5. The molecule has 3 saturated heterocycles. The molecule has 8 nitrogen and oxygen atoms in total. The predicted molar refractivity (Wildman–Crippen MR) is 173 cm³/mol. The number of hydrogen-bond acceptors (Lipinski definition) is 8. The van der Waals surface area contributed by atoms with Gasteiger partial charge in [0.15, 0.2) is 12.6 Å².